The first-order valence-electron chi connectivity index (χ1n) is 5.31. The summed E-state index contributed by atoms with van der Waals surface area (Å²) in [5.74, 6) is -0.580. The van der Waals surface area contributed by atoms with E-state index in [9.17, 15) is 14.9 Å². The lowest BCUT2D eigenvalue weighted by atomic mass is 10.2. The minimum absolute atomic E-state index is 0.0929. The van der Waals surface area contributed by atoms with Crippen LogP contribution in [-0.2, 0) is 0 Å². The summed E-state index contributed by atoms with van der Waals surface area (Å²) in [5, 5.41) is 19.9. The number of halogens is 1. The standard InChI is InChI=1S/C11H13ClN2O4S/c1-13(2)3-4-19-10-8(11(15)16)5-7(14(17)18)6-9(10)12/h5-6H,3-4H2,1-2H3,(H,15,16). The molecule has 0 saturated carbocycles. The SMILES string of the molecule is CN(C)CCSc1c(Cl)cc([N+](=O)[O-])cc1C(=O)O. The molecule has 0 bridgehead atoms. The molecule has 0 aromatic heterocycles. The maximum Gasteiger partial charge on any atom is 0.337 e. The number of nitrogens with zero attached hydrogens (tertiary/aromatic N) is 2. The number of carboxylic acids is 1. The van der Waals surface area contributed by atoms with E-state index in [0.717, 1.165) is 12.6 Å². The molecular weight excluding hydrogens is 292 g/mol. The Morgan fingerprint density at radius 2 is 2.16 bits per heavy atom. The molecule has 0 amide bonds. The molecule has 0 atom stereocenters. The molecule has 0 saturated heterocycles. The molecule has 8 heteroatoms. The Labute approximate surface area is 119 Å². The Hall–Kier alpha value is -1.31. The lowest BCUT2D eigenvalue weighted by molar-refractivity contribution is -0.384. The molecule has 0 aliphatic carbocycles. The Bertz CT molecular complexity index is 508. The molecule has 0 heterocycles. The Kier molecular flexibility index (Phi) is 5.59. The number of hydrogen-bond acceptors (Lipinski definition) is 5. The van der Waals surface area contributed by atoms with Crippen LogP contribution in [0.3, 0.4) is 0 Å². The van der Waals surface area contributed by atoms with Crippen LogP contribution in [0.4, 0.5) is 5.69 Å². The molecular formula is C11H13ClN2O4S. The first-order chi connectivity index (χ1) is 8.82. The van der Waals surface area contributed by atoms with Gasteiger partial charge in [-0.2, -0.15) is 0 Å². The van der Waals surface area contributed by atoms with Crippen LogP contribution < -0.4 is 0 Å². The van der Waals surface area contributed by atoms with E-state index >= 15 is 0 Å². The second kappa shape index (κ2) is 6.74. The maximum absolute atomic E-state index is 11.1. The zero-order chi connectivity index (χ0) is 14.6. The normalized spacial score (nSPS) is 10.7. The number of carbonyl (C=O) groups is 1. The van der Waals surface area contributed by atoms with Gasteiger partial charge in [0.05, 0.1) is 15.5 Å². The fourth-order valence-electron chi connectivity index (χ4n) is 1.32. The highest BCUT2D eigenvalue weighted by Crippen LogP contribution is 2.34. The molecule has 0 aliphatic heterocycles. The summed E-state index contributed by atoms with van der Waals surface area (Å²) in [7, 11) is 3.80. The van der Waals surface area contributed by atoms with E-state index in [-0.39, 0.29) is 16.3 Å². The Balaban J connectivity index is 3.08. The van der Waals surface area contributed by atoms with Gasteiger partial charge in [-0.3, -0.25) is 10.1 Å². The molecule has 0 radical (unpaired) electrons. The van der Waals surface area contributed by atoms with Gasteiger partial charge < -0.3 is 10.0 Å². The third kappa shape index (κ3) is 4.38. The van der Waals surface area contributed by atoms with Gasteiger partial charge in [-0.25, -0.2) is 4.79 Å². The molecule has 0 unspecified atom stereocenters. The minimum atomic E-state index is -1.22. The van der Waals surface area contributed by atoms with Crippen molar-refractivity contribution in [1.29, 1.82) is 0 Å². The van der Waals surface area contributed by atoms with Crippen molar-refractivity contribution in [3.63, 3.8) is 0 Å². The average Bonchev–Trinajstić information content (AvgIpc) is 2.29. The largest absolute Gasteiger partial charge is 0.478 e. The minimum Gasteiger partial charge on any atom is -0.478 e. The Morgan fingerprint density at radius 3 is 2.63 bits per heavy atom. The molecule has 6 nitrogen and oxygen atoms in total. The van der Waals surface area contributed by atoms with Crippen LogP contribution >= 0.6 is 23.4 Å². The summed E-state index contributed by atoms with van der Waals surface area (Å²) in [5.41, 5.74) is -0.456. The van der Waals surface area contributed by atoms with Gasteiger partial charge in [-0.05, 0) is 14.1 Å². The van der Waals surface area contributed by atoms with Crippen LogP contribution in [0.15, 0.2) is 17.0 Å². The third-order valence-electron chi connectivity index (χ3n) is 2.25. The third-order valence-corrected chi connectivity index (χ3v) is 3.78. The zero-order valence-corrected chi connectivity index (χ0v) is 12.0. The van der Waals surface area contributed by atoms with Crippen LogP contribution in [-0.4, -0.2) is 47.3 Å². The lowest BCUT2D eigenvalue weighted by Gasteiger charge is -2.11. The molecule has 1 aromatic carbocycles. The van der Waals surface area contributed by atoms with Gasteiger partial charge in [-0.15, -0.1) is 11.8 Å². The number of benzene rings is 1. The molecule has 1 N–H and O–H groups in total. The van der Waals surface area contributed by atoms with Crippen molar-refractivity contribution >= 4 is 35.0 Å². The number of hydrogen-bond donors (Lipinski definition) is 1. The van der Waals surface area contributed by atoms with Gasteiger partial charge >= 0.3 is 5.97 Å². The zero-order valence-electron chi connectivity index (χ0n) is 10.4. The van der Waals surface area contributed by atoms with E-state index in [1.54, 1.807) is 0 Å². The number of thioether (sulfide) groups is 1. The fourth-order valence-corrected chi connectivity index (χ4v) is 2.86. The first kappa shape index (κ1) is 15.7. The summed E-state index contributed by atoms with van der Waals surface area (Å²) in [6.07, 6.45) is 0. The average molecular weight is 305 g/mol. The van der Waals surface area contributed by atoms with Crippen molar-refractivity contribution in [3.8, 4) is 0 Å². The maximum atomic E-state index is 11.1. The topological polar surface area (TPSA) is 83.7 Å². The molecule has 104 valence electrons. The van der Waals surface area contributed by atoms with E-state index in [1.165, 1.54) is 17.8 Å². The fraction of sp³-hybridized carbons (Fsp3) is 0.364. The first-order valence-corrected chi connectivity index (χ1v) is 6.68. The summed E-state index contributed by atoms with van der Waals surface area (Å²) in [4.78, 5) is 23.5. The van der Waals surface area contributed by atoms with E-state index < -0.39 is 10.9 Å². The molecule has 0 aliphatic rings. The van der Waals surface area contributed by atoms with Crippen molar-refractivity contribution in [2.75, 3.05) is 26.4 Å². The number of nitro groups is 1. The van der Waals surface area contributed by atoms with Gasteiger partial charge in [0, 0.05) is 29.3 Å². The smallest absolute Gasteiger partial charge is 0.337 e. The van der Waals surface area contributed by atoms with Crippen LogP contribution in [0.5, 0.6) is 0 Å². The summed E-state index contributed by atoms with van der Waals surface area (Å²) in [6.45, 7) is 0.747. The van der Waals surface area contributed by atoms with Gasteiger partial charge in [-0.1, -0.05) is 11.6 Å². The Morgan fingerprint density at radius 1 is 1.53 bits per heavy atom. The van der Waals surface area contributed by atoms with Crippen LogP contribution in [0.1, 0.15) is 10.4 Å². The van der Waals surface area contributed by atoms with E-state index in [0.29, 0.717) is 10.6 Å². The second-order valence-corrected chi connectivity index (χ2v) is 5.53. The lowest BCUT2D eigenvalue weighted by Crippen LogP contribution is -2.15. The number of carboxylic acid groups (broad SMARTS) is 1. The number of non-ortho nitro benzene ring substituents is 1. The molecule has 19 heavy (non-hydrogen) atoms. The summed E-state index contributed by atoms with van der Waals surface area (Å²) in [6, 6.07) is 2.21. The van der Waals surface area contributed by atoms with Gasteiger partial charge in [0.1, 0.15) is 0 Å². The number of nitro benzene ring substituents is 1. The highest BCUT2D eigenvalue weighted by molar-refractivity contribution is 7.99. The quantitative estimate of drug-likeness (QED) is 0.494. The molecule has 1 aromatic rings. The highest BCUT2D eigenvalue weighted by atomic mass is 35.5. The van der Waals surface area contributed by atoms with Crippen molar-refractivity contribution < 1.29 is 14.8 Å². The monoisotopic (exact) mass is 304 g/mol. The number of aromatic carboxylic acids is 1. The van der Waals surface area contributed by atoms with E-state index in [4.69, 9.17) is 16.7 Å². The van der Waals surface area contributed by atoms with E-state index in [1.807, 2.05) is 19.0 Å². The van der Waals surface area contributed by atoms with Gasteiger partial charge in [0.25, 0.3) is 5.69 Å². The van der Waals surface area contributed by atoms with Crippen LogP contribution in [0, 0.1) is 10.1 Å². The van der Waals surface area contributed by atoms with Crippen molar-refractivity contribution in [2.24, 2.45) is 0 Å². The van der Waals surface area contributed by atoms with Crippen LogP contribution in [0.2, 0.25) is 5.02 Å². The molecule has 0 fully saturated rings. The van der Waals surface area contributed by atoms with Crippen molar-refractivity contribution in [2.45, 2.75) is 4.90 Å². The highest BCUT2D eigenvalue weighted by Gasteiger charge is 2.20. The second-order valence-electron chi connectivity index (χ2n) is 4.02. The van der Waals surface area contributed by atoms with Gasteiger partial charge in [0.2, 0.25) is 0 Å². The van der Waals surface area contributed by atoms with Crippen LogP contribution in [0.25, 0.3) is 0 Å². The predicted octanol–water partition coefficient (Wildman–Crippen LogP) is 2.60. The molecule has 1 rings (SSSR count). The van der Waals surface area contributed by atoms with Gasteiger partial charge in [0.15, 0.2) is 0 Å². The summed E-state index contributed by atoms with van der Waals surface area (Å²) >= 11 is 7.21. The number of rotatable bonds is 6. The van der Waals surface area contributed by atoms with E-state index in [2.05, 4.69) is 0 Å². The van der Waals surface area contributed by atoms with Crippen molar-refractivity contribution in [1.82, 2.24) is 4.90 Å². The van der Waals surface area contributed by atoms with Crippen molar-refractivity contribution in [3.05, 3.63) is 32.8 Å². The summed E-state index contributed by atoms with van der Waals surface area (Å²) < 4.78 is 0. The predicted molar refractivity (Wildman–Crippen MR) is 74.3 cm³/mol. The molecule has 0 spiro atoms.